The van der Waals surface area contributed by atoms with E-state index in [4.69, 9.17) is 10.5 Å². The van der Waals surface area contributed by atoms with Crippen molar-refractivity contribution in [1.29, 1.82) is 0 Å². The van der Waals surface area contributed by atoms with Crippen LogP contribution in [-0.4, -0.2) is 23.4 Å². The number of hydrogen-bond acceptors (Lipinski definition) is 5. The zero-order valence-corrected chi connectivity index (χ0v) is 17.2. The van der Waals surface area contributed by atoms with Gasteiger partial charge in [0.25, 0.3) is 5.91 Å². The van der Waals surface area contributed by atoms with Crippen LogP contribution in [0, 0.1) is 0 Å². The molecule has 3 rings (SSSR count). The Kier molecular flexibility index (Phi) is 6.61. The van der Waals surface area contributed by atoms with Crippen molar-refractivity contribution in [2.45, 2.75) is 26.2 Å². The van der Waals surface area contributed by atoms with Gasteiger partial charge in [-0.05, 0) is 29.2 Å². The Hall–Kier alpha value is -3.19. The molecule has 0 unspecified atom stereocenters. The maximum atomic E-state index is 12.1. The van der Waals surface area contributed by atoms with E-state index in [9.17, 15) is 9.59 Å². The molecule has 0 radical (unpaired) electrons. The summed E-state index contributed by atoms with van der Waals surface area (Å²) in [6, 6.07) is 15.2. The number of carbonyl (C=O) groups is 2. The highest BCUT2D eigenvalue weighted by molar-refractivity contribution is 7.14. The number of benzene rings is 2. The highest BCUT2D eigenvalue weighted by atomic mass is 32.1. The maximum absolute atomic E-state index is 12.1. The number of nitrogens with one attached hydrogen (secondary N) is 1. The number of hydrogen-bond donors (Lipinski definition) is 2. The van der Waals surface area contributed by atoms with Crippen LogP contribution in [0.4, 0.5) is 5.13 Å². The molecule has 0 fully saturated rings. The standard InChI is InChI=1S/C22H23N3O3S/c1-14(2)16-5-7-17(8-6-16)19-13-29-22(24-19)25-21(27)12-28-18-9-3-15(4-10-18)11-20(23)26/h3-10,13-14H,11-12H2,1-2H3,(H2,23,26)(H,24,25,27). The normalized spacial score (nSPS) is 10.7. The Morgan fingerprint density at radius 1 is 1.10 bits per heavy atom. The molecular weight excluding hydrogens is 386 g/mol. The number of nitrogens with zero attached hydrogens (tertiary/aromatic N) is 1. The van der Waals surface area contributed by atoms with Crippen LogP contribution in [-0.2, 0) is 16.0 Å². The fourth-order valence-electron chi connectivity index (χ4n) is 2.71. The van der Waals surface area contributed by atoms with Crippen LogP contribution < -0.4 is 15.8 Å². The van der Waals surface area contributed by atoms with Crippen molar-refractivity contribution < 1.29 is 14.3 Å². The Morgan fingerprint density at radius 2 is 1.79 bits per heavy atom. The lowest BCUT2D eigenvalue weighted by Gasteiger charge is -2.07. The summed E-state index contributed by atoms with van der Waals surface area (Å²) in [4.78, 5) is 27.5. The van der Waals surface area contributed by atoms with Crippen molar-refractivity contribution >= 4 is 28.3 Å². The van der Waals surface area contributed by atoms with Crippen molar-refractivity contribution in [2.24, 2.45) is 5.73 Å². The van der Waals surface area contributed by atoms with Crippen LogP contribution >= 0.6 is 11.3 Å². The zero-order valence-electron chi connectivity index (χ0n) is 16.3. The number of aromatic nitrogens is 1. The molecular formula is C22H23N3O3S. The Morgan fingerprint density at radius 3 is 2.41 bits per heavy atom. The van der Waals surface area contributed by atoms with E-state index in [1.54, 1.807) is 24.3 Å². The molecule has 0 spiro atoms. The fraction of sp³-hybridized carbons (Fsp3) is 0.227. The summed E-state index contributed by atoms with van der Waals surface area (Å²) < 4.78 is 5.48. The minimum absolute atomic E-state index is 0.132. The Balaban J connectivity index is 1.53. The molecule has 7 heteroatoms. The van der Waals surface area contributed by atoms with E-state index in [1.165, 1.54) is 16.9 Å². The SMILES string of the molecule is CC(C)c1ccc(-c2csc(NC(=O)COc3ccc(CC(N)=O)cc3)n2)cc1. The van der Waals surface area contributed by atoms with Gasteiger partial charge in [0.05, 0.1) is 12.1 Å². The van der Waals surface area contributed by atoms with Gasteiger partial charge in [0.1, 0.15) is 5.75 Å². The lowest BCUT2D eigenvalue weighted by atomic mass is 10.0. The van der Waals surface area contributed by atoms with Crippen LogP contribution in [0.2, 0.25) is 0 Å². The average Bonchev–Trinajstić information content (AvgIpc) is 3.15. The number of primary amides is 1. The van der Waals surface area contributed by atoms with Gasteiger partial charge in [0, 0.05) is 10.9 Å². The van der Waals surface area contributed by atoms with Gasteiger partial charge in [-0.2, -0.15) is 0 Å². The lowest BCUT2D eigenvalue weighted by molar-refractivity contribution is -0.118. The average molecular weight is 410 g/mol. The van der Waals surface area contributed by atoms with Gasteiger partial charge >= 0.3 is 0 Å². The van der Waals surface area contributed by atoms with Crippen LogP contribution in [0.3, 0.4) is 0 Å². The number of amides is 2. The first kappa shape index (κ1) is 20.5. The molecule has 6 nitrogen and oxygen atoms in total. The number of anilines is 1. The van der Waals surface area contributed by atoms with Gasteiger partial charge in [0.2, 0.25) is 5.91 Å². The van der Waals surface area contributed by atoms with Crippen molar-refractivity contribution in [3.63, 3.8) is 0 Å². The molecule has 1 heterocycles. The molecule has 0 bridgehead atoms. The third-order valence-electron chi connectivity index (χ3n) is 4.30. The Labute approximate surface area is 173 Å². The monoisotopic (exact) mass is 409 g/mol. The van der Waals surface area contributed by atoms with Crippen LogP contribution in [0.5, 0.6) is 5.75 Å². The van der Waals surface area contributed by atoms with Crippen LogP contribution in [0.15, 0.2) is 53.9 Å². The maximum Gasteiger partial charge on any atom is 0.264 e. The van der Waals surface area contributed by atoms with Gasteiger partial charge in [0.15, 0.2) is 11.7 Å². The minimum atomic E-state index is -0.392. The molecule has 0 atom stereocenters. The lowest BCUT2D eigenvalue weighted by Crippen LogP contribution is -2.20. The molecule has 1 aromatic heterocycles. The second-order valence-electron chi connectivity index (χ2n) is 6.94. The van der Waals surface area contributed by atoms with Gasteiger partial charge in [-0.1, -0.05) is 50.2 Å². The largest absolute Gasteiger partial charge is 0.484 e. The van der Waals surface area contributed by atoms with Gasteiger partial charge < -0.3 is 10.5 Å². The van der Waals surface area contributed by atoms with Crippen molar-refractivity contribution in [1.82, 2.24) is 4.98 Å². The number of ether oxygens (including phenoxy) is 1. The van der Waals surface area contributed by atoms with E-state index < -0.39 is 5.91 Å². The first-order valence-electron chi connectivity index (χ1n) is 9.26. The summed E-state index contributed by atoms with van der Waals surface area (Å²) in [7, 11) is 0. The van der Waals surface area contributed by atoms with E-state index in [0.717, 1.165) is 16.8 Å². The first-order valence-corrected chi connectivity index (χ1v) is 10.1. The van der Waals surface area contributed by atoms with E-state index in [2.05, 4.69) is 36.3 Å². The molecule has 2 aromatic carbocycles. The van der Waals surface area contributed by atoms with E-state index >= 15 is 0 Å². The van der Waals surface area contributed by atoms with Gasteiger partial charge in [-0.15, -0.1) is 11.3 Å². The predicted octanol–water partition coefficient (Wildman–Crippen LogP) is 3.98. The number of thiazole rings is 1. The number of nitrogens with two attached hydrogens (primary N) is 1. The van der Waals surface area contributed by atoms with Crippen molar-refractivity contribution in [2.75, 3.05) is 11.9 Å². The quantitative estimate of drug-likeness (QED) is 0.588. The first-order chi connectivity index (χ1) is 13.9. The molecule has 0 saturated heterocycles. The number of rotatable bonds is 8. The highest BCUT2D eigenvalue weighted by Crippen LogP contribution is 2.26. The van der Waals surface area contributed by atoms with E-state index in [1.807, 2.05) is 17.5 Å². The van der Waals surface area contributed by atoms with Gasteiger partial charge in [-0.3, -0.25) is 14.9 Å². The summed E-state index contributed by atoms with van der Waals surface area (Å²) >= 11 is 1.37. The van der Waals surface area contributed by atoms with Gasteiger partial charge in [-0.25, -0.2) is 4.98 Å². The molecule has 0 saturated carbocycles. The summed E-state index contributed by atoms with van der Waals surface area (Å²) in [6.45, 7) is 4.18. The van der Waals surface area contributed by atoms with Crippen LogP contribution in [0.1, 0.15) is 30.9 Å². The third kappa shape index (κ3) is 5.89. The van der Waals surface area contributed by atoms with E-state index in [-0.39, 0.29) is 18.9 Å². The summed E-state index contributed by atoms with van der Waals surface area (Å²) in [6.07, 6.45) is 0.174. The molecule has 29 heavy (non-hydrogen) atoms. The zero-order chi connectivity index (χ0) is 20.8. The molecule has 0 aliphatic heterocycles. The summed E-state index contributed by atoms with van der Waals surface area (Å²) in [5, 5.41) is 5.19. The van der Waals surface area contributed by atoms with Crippen molar-refractivity contribution in [3.05, 3.63) is 65.0 Å². The molecule has 3 aromatic rings. The second kappa shape index (κ2) is 9.34. The Bertz CT molecular complexity index is 979. The summed E-state index contributed by atoms with van der Waals surface area (Å²) in [5.74, 6) is 0.339. The fourth-order valence-corrected chi connectivity index (χ4v) is 3.45. The minimum Gasteiger partial charge on any atom is -0.484 e. The molecule has 0 aliphatic carbocycles. The summed E-state index contributed by atoms with van der Waals surface area (Å²) in [5.41, 5.74) is 9.07. The third-order valence-corrected chi connectivity index (χ3v) is 5.05. The number of carbonyl (C=O) groups excluding carboxylic acids is 2. The van der Waals surface area contributed by atoms with Crippen molar-refractivity contribution in [3.8, 4) is 17.0 Å². The topological polar surface area (TPSA) is 94.3 Å². The molecule has 150 valence electrons. The molecule has 3 N–H and O–H groups in total. The second-order valence-corrected chi connectivity index (χ2v) is 7.80. The molecule has 0 aliphatic rings. The highest BCUT2D eigenvalue weighted by Gasteiger charge is 2.10. The van der Waals surface area contributed by atoms with Crippen LogP contribution in [0.25, 0.3) is 11.3 Å². The smallest absolute Gasteiger partial charge is 0.264 e. The molecule has 2 amide bonds. The predicted molar refractivity (Wildman–Crippen MR) is 115 cm³/mol. The van der Waals surface area contributed by atoms with E-state index in [0.29, 0.717) is 16.8 Å².